The zero-order valence-electron chi connectivity index (χ0n) is 15.8. The quantitative estimate of drug-likeness (QED) is 0.373. The van der Waals surface area contributed by atoms with Crippen LogP contribution >= 0.6 is 15.9 Å². The normalized spacial score (nSPS) is 11.6. The molecule has 4 rings (SSSR count). The standard InChI is InChI=1S/C23H19BrN4/c1-4-11-28-20-13-26-19-10-9-17(24)12-18(19)21(20)22(27-28)15-5-7-16(8-6-15)23(2,3)14-25/h4-10,12-13H,1,11H2,2-3H3. The Morgan fingerprint density at radius 1 is 1.21 bits per heavy atom. The highest BCUT2D eigenvalue weighted by Gasteiger charge is 2.21. The summed E-state index contributed by atoms with van der Waals surface area (Å²) in [5.74, 6) is 0. The summed E-state index contributed by atoms with van der Waals surface area (Å²) >= 11 is 3.57. The minimum atomic E-state index is -0.524. The van der Waals surface area contributed by atoms with Crippen molar-refractivity contribution in [2.24, 2.45) is 0 Å². The molecule has 2 aromatic carbocycles. The lowest BCUT2D eigenvalue weighted by Gasteiger charge is -2.15. The first-order valence-corrected chi connectivity index (χ1v) is 9.82. The molecule has 0 spiro atoms. The second-order valence-electron chi connectivity index (χ2n) is 7.31. The number of aromatic nitrogens is 3. The Kier molecular flexibility index (Phi) is 4.52. The summed E-state index contributed by atoms with van der Waals surface area (Å²) in [5.41, 5.74) is 4.29. The van der Waals surface area contributed by atoms with Crippen molar-refractivity contribution in [2.75, 3.05) is 0 Å². The summed E-state index contributed by atoms with van der Waals surface area (Å²) in [5, 5.41) is 16.4. The topological polar surface area (TPSA) is 54.5 Å². The van der Waals surface area contributed by atoms with Crippen LogP contribution in [0.25, 0.3) is 33.1 Å². The van der Waals surface area contributed by atoms with E-state index >= 15 is 0 Å². The Bertz CT molecular complexity index is 1240. The average molecular weight is 431 g/mol. The number of nitrogens with zero attached hydrogens (tertiary/aromatic N) is 4. The van der Waals surface area contributed by atoms with Crippen molar-refractivity contribution >= 4 is 37.7 Å². The fourth-order valence-corrected chi connectivity index (χ4v) is 3.76. The average Bonchev–Trinajstić information content (AvgIpc) is 3.07. The number of allylic oxidation sites excluding steroid dienone is 1. The van der Waals surface area contributed by atoms with Crippen molar-refractivity contribution in [2.45, 2.75) is 25.8 Å². The van der Waals surface area contributed by atoms with Crippen molar-refractivity contribution in [1.29, 1.82) is 5.26 Å². The highest BCUT2D eigenvalue weighted by atomic mass is 79.9. The summed E-state index contributed by atoms with van der Waals surface area (Å²) in [7, 11) is 0. The maximum Gasteiger partial charge on any atom is 0.101 e. The van der Waals surface area contributed by atoms with Gasteiger partial charge >= 0.3 is 0 Å². The van der Waals surface area contributed by atoms with Crippen LogP contribution in [-0.2, 0) is 12.0 Å². The molecule has 0 radical (unpaired) electrons. The molecule has 28 heavy (non-hydrogen) atoms. The highest BCUT2D eigenvalue weighted by Crippen LogP contribution is 2.35. The van der Waals surface area contributed by atoms with Crippen LogP contribution in [0.4, 0.5) is 0 Å². The first-order chi connectivity index (χ1) is 13.4. The molecule has 0 aliphatic heterocycles. The highest BCUT2D eigenvalue weighted by molar-refractivity contribution is 9.10. The summed E-state index contributed by atoms with van der Waals surface area (Å²) < 4.78 is 2.93. The van der Waals surface area contributed by atoms with Crippen molar-refractivity contribution in [3.05, 3.63) is 71.4 Å². The second-order valence-corrected chi connectivity index (χ2v) is 8.23. The fraction of sp³-hybridized carbons (Fsp3) is 0.174. The second kappa shape index (κ2) is 6.88. The van der Waals surface area contributed by atoms with E-state index < -0.39 is 5.41 Å². The number of hydrogen-bond acceptors (Lipinski definition) is 3. The third-order valence-electron chi connectivity index (χ3n) is 5.01. The summed E-state index contributed by atoms with van der Waals surface area (Å²) in [6.07, 6.45) is 3.71. The molecule has 0 aliphatic carbocycles. The molecule has 2 aromatic heterocycles. The molecule has 138 valence electrons. The zero-order chi connectivity index (χ0) is 19.9. The number of fused-ring (bicyclic) bond motifs is 3. The van der Waals surface area contributed by atoms with E-state index in [0.29, 0.717) is 6.54 Å². The molecule has 0 saturated heterocycles. The van der Waals surface area contributed by atoms with Gasteiger partial charge in [-0.25, -0.2) is 0 Å². The van der Waals surface area contributed by atoms with Gasteiger partial charge in [0.05, 0.1) is 35.3 Å². The monoisotopic (exact) mass is 430 g/mol. The summed E-state index contributed by atoms with van der Waals surface area (Å²) in [6.45, 7) is 8.31. The summed E-state index contributed by atoms with van der Waals surface area (Å²) in [6, 6.07) is 16.5. The molecule has 0 amide bonds. The minimum Gasteiger partial charge on any atom is -0.259 e. The maximum atomic E-state index is 9.40. The van der Waals surface area contributed by atoms with Crippen LogP contribution in [0.3, 0.4) is 0 Å². The summed E-state index contributed by atoms with van der Waals surface area (Å²) in [4.78, 5) is 4.61. The molecule has 0 fully saturated rings. The van der Waals surface area contributed by atoms with E-state index in [-0.39, 0.29) is 0 Å². The lowest BCUT2D eigenvalue weighted by Crippen LogP contribution is -2.13. The van der Waals surface area contributed by atoms with Gasteiger partial charge < -0.3 is 0 Å². The number of nitriles is 1. The molecule has 0 atom stereocenters. The molecule has 0 saturated carbocycles. The van der Waals surface area contributed by atoms with Crippen LogP contribution in [0.15, 0.2) is 65.8 Å². The number of hydrogen-bond donors (Lipinski definition) is 0. The molecular weight excluding hydrogens is 412 g/mol. The van der Waals surface area contributed by atoms with Gasteiger partial charge in [0, 0.05) is 20.8 Å². The van der Waals surface area contributed by atoms with E-state index in [1.54, 1.807) is 0 Å². The first-order valence-electron chi connectivity index (χ1n) is 9.02. The Morgan fingerprint density at radius 3 is 2.64 bits per heavy atom. The molecule has 0 bridgehead atoms. The smallest absolute Gasteiger partial charge is 0.101 e. The van der Waals surface area contributed by atoms with Crippen molar-refractivity contribution in [3.63, 3.8) is 0 Å². The molecule has 2 heterocycles. The lowest BCUT2D eigenvalue weighted by atomic mass is 9.86. The van der Waals surface area contributed by atoms with Crippen LogP contribution in [0.2, 0.25) is 0 Å². The van der Waals surface area contributed by atoms with Crippen LogP contribution in [0.5, 0.6) is 0 Å². The molecule has 0 unspecified atom stereocenters. The van der Waals surface area contributed by atoms with Crippen LogP contribution in [-0.4, -0.2) is 14.8 Å². The Balaban J connectivity index is 1.99. The van der Waals surface area contributed by atoms with Gasteiger partial charge in [0.1, 0.15) is 5.69 Å². The first kappa shape index (κ1) is 18.4. The van der Waals surface area contributed by atoms with Crippen LogP contribution in [0, 0.1) is 11.3 Å². The Hall–Kier alpha value is -2.97. The van der Waals surface area contributed by atoms with Crippen molar-refractivity contribution in [1.82, 2.24) is 14.8 Å². The van der Waals surface area contributed by atoms with Gasteiger partial charge in [-0.15, -0.1) is 6.58 Å². The Labute approximate surface area is 172 Å². The molecule has 5 heteroatoms. The minimum absolute atomic E-state index is 0.524. The van der Waals surface area contributed by atoms with Gasteiger partial charge in [-0.2, -0.15) is 10.4 Å². The zero-order valence-corrected chi connectivity index (χ0v) is 17.4. The molecule has 0 N–H and O–H groups in total. The Morgan fingerprint density at radius 2 is 1.96 bits per heavy atom. The van der Waals surface area contributed by atoms with E-state index in [0.717, 1.165) is 43.1 Å². The largest absolute Gasteiger partial charge is 0.259 e. The van der Waals surface area contributed by atoms with Gasteiger partial charge in [-0.1, -0.05) is 46.3 Å². The number of rotatable bonds is 4. The van der Waals surface area contributed by atoms with Gasteiger partial charge in [0.2, 0.25) is 0 Å². The van der Waals surface area contributed by atoms with Crippen molar-refractivity contribution in [3.8, 4) is 17.3 Å². The van der Waals surface area contributed by atoms with Gasteiger partial charge in [-0.3, -0.25) is 9.67 Å². The lowest BCUT2D eigenvalue weighted by molar-refractivity contribution is 0.687. The number of pyridine rings is 1. The molecule has 0 aliphatic rings. The SMILES string of the molecule is C=CCn1nc(-c2ccc(C(C)(C)C#N)cc2)c2c3cc(Br)ccc3ncc21. The number of halogens is 1. The van der Waals surface area contributed by atoms with Crippen LogP contribution < -0.4 is 0 Å². The van der Waals surface area contributed by atoms with Gasteiger partial charge in [0.15, 0.2) is 0 Å². The van der Waals surface area contributed by atoms with E-state index in [4.69, 9.17) is 5.10 Å². The number of benzene rings is 2. The van der Waals surface area contributed by atoms with E-state index in [1.807, 2.05) is 67.2 Å². The predicted molar refractivity (Wildman–Crippen MR) is 117 cm³/mol. The third kappa shape index (κ3) is 3.00. The third-order valence-corrected chi connectivity index (χ3v) is 5.50. The van der Waals surface area contributed by atoms with E-state index in [1.165, 1.54) is 0 Å². The fourth-order valence-electron chi connectivity index (χ4n) is 3.40. The van der Waals surface area contributed by atoms with E-state index in [2.05, 4.69) is 39.6 Å². The molecule has 4 aromatic rings. The van der Waals surface area contributed by atoms with Gasteiger partial charge in [-0.05, 0) is 37.6 Å². The molecule has 4 nitrogen and oxygen atoms in total. The maximum absolute atomic E-state index is 9.40. The van der Waals surface area contributed by atoms with Gasteiger partial charge in [0.25, 0.3) is 0 Å². The molecular formula is C23H19BrN4. The van der Waals surface area contributed by atoms with Crippen molar-refractivity contribution < 1.29 is 0 Å². The van der Waals surface area contributed by atoms with E-state index in [9.17, 15) is 5.26 Å². The predicted octanol–water partition coefficient (Wildman–Crippen LogP) is 6.00. The van der Waals surface area contributed by atoms with Crippen LogP contribution in [0.1, 0.15) is 19.4 Å².